The third-order valence-corrected chi connectivity index (χ3v) is 7.18. The van der Waals surface area contributed by atoms with Gasteiger partial charge in [-0.2, -0.15) is 4.31 Å². The molecule has 0 atom stereocenters. The molecule has 2 aliphatic heterocycles. The number of sulfonamides is 1. The lowest BCUT2D eigenvalue weighted by molar-refractivity contribution is -0.117. The lowest BCUT2D eigenvalue weighted by atomic mass is 10.1. The van der Waals surface area contributed by atoms with E-state index in [4.69, 9.17) is 0 Å². The molecule has 0 radical (unpaired) electrons. The van der Waals surface area contributed by atoms with E-state index in [-0.39, 0.29) is 24.9 Å². The van der Waals surface area contributed by atoms with Gasteiger partial charge in [-0.15, -0.1) is 0 Å². The Bertz CT molecular complexity index is 1090. The first-order valence-electron chi connectivity index (χ1n) is 10.4. The Labute approximate surface area is 182 Å². The fraction of sp³-hybridized carbons (Fsp3) is 0.304. The quantitative estimate of drug-likeness (QED) is 0.717. The predicted molar refractivity (Wildman–Crippen MR) is 120 cm³/mol. The van der Waals surface area contributed by atoms with E-state index >= 15 is 0 Å². The maximum Gasteiger partial charge on any atom is 0.256 e. The summed E-state index contributed by atoms with van der Waals surface area (Å²) in [5.41, 5.74) is 1.93. The van der Waals surface area contributed by atoms with Crippen molar-refractivity contribution >= 4 is 33.6 Å². The summed E-state index contributed by atoms with van der Waals surface area (Å²) >= 11 is 0. The van der Waals surface area contributed by atoms with Crippen LogP contribution in [0.5, 0.6) is 0 Å². The van der Waals surface area contributed by atoms with Gasteiger partial charge in [0, 0.05) is 44.6 Å². The fourth-order valence-corrected chi connectivity index (χ4v) is 5.10. The van der Waals surface area contributed by atoms with Gasteiger partial charge < -0.3 is 9.80 Å². The smallest absolute Gasteiger partial charge is 0.256 e. The minimum atomic E-state index is -3.56. The molecule has 2 aromatic carbocycles. The number of nitrogens with zero attached hydrogens (tertiary/aromatic N) is 3. The van der Waals surface area contributed by atoms with Crippen molar-refractivity contribution < 1.29 is 18.0 Å². The summed E-state index contributed by atoms with van der Waals surface area (Å²) in [6.07, 6.45) is 2.86. The third-order valence-electron chi connectivity index (χ3n) is 5.62. The minimum Gasteiger partial charge on any atom is -0.336 e. The number of hydrogen-bond donors (Lipinski definition) is 0. The molecule has 162 valence electrons. The molecule has 0 aromatic heterocycles. The molecule has 2 fully saturated rings. The molecule has 4 rings (SSSR count). The Morgan fingerprint density at radius 1 is 0.871 bits per heavy atom. The summed E-state index contributed by atoms with van der Waals surface area (Å²) in [6, 6.07) is 16.4. The number of carbonyl (C=O) groups excluding carboxylic acids is 2. The number of para-hydroxylation sites is 1. The SMILES string of the molecule is O=C(c1ccccc1N1CCCC1=O)N1CCN(S(=O)(=O)/C=C/c2ccccc2)CC1. The summed E-state index contributed by atoms with van der Waals surface area (Å²) in [5.74, 6) is -0.145. The molecule has 8 heteroatoms. The van der Waals surface area contributed by atoms with E-state index in [1.54, 1.807) is 34.1 Å². The summed E-state index contributed by atoms with van der Waals surface area (Å²) in [5, 5.41) is 1.22. The van der Waals surface area contributed by atoms with E-state index in [1.807, 2.05) is 36.4 Å². The van der Waals surface area contributed by atoms with Crippen LogP contribution < -0.4 is 4.90 Å². The highest BCUT2D eigenvalue weighted by molar-refractivity contribution is 7.92. The van der Waals surface area contributed by atoms with Crippen molar-refractivity contribution in [3.8, 4) is 0 Å². The van der Waals surface area contributed by atoms with Crippen molar-refractivity contribution in [2.45, 2.75) is 12.8 Å². The molecule has 2 heterocycles. The molecule has 0 aliphatic carbocycles. The maximum absolute atomic E-state index is 13.2. The van der Waals surface area contributed by atoms with Gasteiger partial charge in [-0.25, -0.2) is 8.42 Å². The van der Waals surface area contributed by atoms with Gasteiger partial charge in [-0.05, 0) is 30.2 Å². The number of carbonyl (C=O) groups is 2. The van der Waals surface area contributed by atoms with Gasteiger partial charge in [0.2, 0.25) is 15.9 Å². The standard InChI is InChI=1S/C23H25N3O4S/c27-22-11-6-13-26(22)21-10-5-4-9-20(21)23(28)24-14-16-25(17-15-24)31(29,30)18-12-19-7-2-1-3-8-19/h1-5,7-10,12,18H,6,11,13-17H2/b18-12+. The molecule has 0 N–H and O–H groups in total. The molecule has 0 unspecified atom stereocenters. The van der Waals surface area contributed by atoms with Crippen LogP contribution >= 0.6 is 0 Å². The van der Waals surface area contributed by atoms with Crippen molar-refractivity contribution in [1.82, 2.24) is 9.21 Å². The zero-order chi connectivity index (χ0) is 21.8. The van der Waals surface area contributed by atoms with Crippen molar-refractivity contribution in [2.75, 3.05) is 37.6 Å². The number of piperazine rings is 1. The number of benzene rings is 2. The number of hydrogen-bond acceptors (Lipinski definition) is 4. The molecular weight excluding hydrogens is 414 g/mol. The van der Waals surface area contributed by atoms with Crippen molar-refractivity contribution in [2.24, 2.45) is 0 Å². The molecular formula is C23H25N3O4S. The number of rotatable bonds is 5. The van der Waals surface area contributed by atoms with Crippen LogP contribution in [0, 0.1) is 0 Å². The molecule has 7 nitrogen and oxygen atoms in total. The van der Waals surface area contributed by atoms with Crippen LogP contribution in [0.15, 0.2) is 60.0 Å². The Morgan fingerprint density at radius 3 is 2.23 bits per heavy atom. The molecule has 2 amide bonds. The minimum absolute atomic E-state index is 0.0290. The van der Waals surface area contributed by atoms with Crippen LogP contribution in [0.2, 0.25) is 0 Å². The topological polar surface area (TPSA) is 78.0 Å². The van der Waals surface area contributed by atoms with Crippen molar-refractivity contribution in [3.63, 3.8) is 0 Å². The van der Waals surface area contributed by atoms with Gasteiger partial charge in [-0.1, -0.05) is 42.5 Å². The second-order valence-corrected chi connectivity index (χ2v) is 9.43. The molecule has 2 aliphatic rings. The van der Waals surface area contributed by atoms with Gasteiger partial charge in [0.15, 0.2) is 0 Å². The van der Waals surface area contributed by atoms with Crippen molar-refractivity contribution in [3.05, 3.63) is 71.1 Å². The average Bonchev–Trinajstić information content (AvgIpc) is 3.24. The third kappa shape index (κ3) is 4.70. The Morgan fingerprint density at radius 2 is 1.55 bits per heavy atom. The Kier molecular flexibility index (Phi) is 6.20. The van der Waals surface area contributed by atoms with E-state index < -0.39 is 10.0 Å². The highest BCUT2D eigenvalue weighted by Crippen LogP contribution is 2.27. The van der Waals surface area contributed by atoms with Gasteiger partial charge in [0.25, 0.3) is 5.91 Å². The molecule has 31 heavy (non-hydrogen) atoms. The predicted octanol–water partition coefficient (Wildman–Crippen LogP) is 2.57. The zero-order valence-electron chi connectivity index (χ0n) is 17.2. The van der Waals surface area contributed by atoms with Gasteiger partial charge in [0.1, 0.15) is 0 Å². The lowest BCUT2D eigenvalue weighted by Gasteiger charge is -2.34. The van der Waals surface area contributed by atoms with Crippen molar-refractivity contribution in [1.29, 1.82) is 0 Å². The molecule has 0 spiro atoms. The summed E-state index contributed by atoms with van der Waals surface area (Å²) in [6.45, 7) is 1.69. The number of amides is 2. The van der Waals surface area contributed by atoms with Crippen LogP contribution in [-0.4, -0.2) is 62.2 Å². The first kappa shape index (κ1) is 21.3. The second kappa shape index (κ2) is 9.03. The molecule has 2 saturated heterocycles. The van der Waals surface area contributed by atoms with E-state index in [9.17, 15) is 18.0 Å². The summed E-state index contributed by atoms with van der Waals surface area (Å²) in [4.78, 5) is 28.6. The highest BCUT2D eigenvalue weighted by Gasteiger charge is 2.31. The Hall–Kier alpha value is -2.97. The Balaban J connectivity index is 1.43. The first-order valence-corrected chi connectivity index (χ1v) is 11.9. The van der Waals surface area contributed by atoms with Crippen LogP contribution in [0.4, 0.5) is 5.69 Å². The highest BCUT2D eigenvalue weighted by atomic mass is 32.2. The second-order valence-electron chi connectivity index (χ2n) is 7.62. The van der Waals surface area contributed by atoms with E-state index in [1.165, 1.54) is 9.71 Å². The van der Waals surface area contributed by atoms with Crippen LogP contribution in [0.25, 0.3) is 6.08 Å². The van der Waals surface area contributed by atoms with Crippen LogP contribution in [0.1, 0.15) is 28.8 Å². The van der Waals surface area contributed by atoms with Gasteiger partial charge in [0.05, 0.1) is 11.3 Å². The fourth-order valence-electron chi connectivity index (χ4n) is 3.92. The van der Waals surface area contributed by atoms with E-state index in [0.717, 1.165) is 12.0 Å². The summed E-state index contributed by atoms with van der Waals surface area (Å²) < 4.78 is 26.7. The number of anilines is 1. The van der Waals surface area contributed by atoms with Gasteiger partial charge >= 0.3 is 0 Å². The van der Waals surface area contributed by atoms with Crippen LogP contribution in [-0.2, 0) is 14.8 Å². The van der Waals surface area contributed by atoms with Crippen LogP contribution in [0.3, 0.4) is 0 Å². The monoisotopic (exact) mass is 439 g/mol. The lowest BCUT2D eigenvalue weighted by Crippen LogP contribution is -2.50. The van der Waals surface area contributed by atoms with E-state index in [2.05, 4.69) is 0 Å². The molecule has 0 saturated carbocycles. The average molecular weight is 440 g/mol. The first-order chi connectivity index (χ1) is 15.0. The maximum atomic E-state index is 13.2. The van der Waals surface area contributed by atoms with E-state index in [0.29, 0.717) is 37.3 Å². The molecule has 0 bridgehead atoms. The largest absolute Gasteiger partial charge is 0.336 e. The zero-order valence-corrected chi connectivity index (χ0v) is 18.0. The normalized spacial score (nSPS) is 18.1. The summed E-state index contributed by atoms with van der Waals surface area (Å²) in [7, 11) is -3.56. The molecule has 2 aromatic rings. The van der Waals surface area contributed by atoms with Gasteiger partial charge in [-0.3, -0.25) is 9.59 Å².